The molecule has 198 valence electrons. The van der Waals surface area contributed by atoms with Gasteiger partial charge < -0.3 is 14.4 Å². The van der Waals surface area contributed by atoms with E-state index in [1.165, 1.54) is 0 Å². The lowest BCUT2D eigenvalue weighted by Crippen LogP contribution is -2.24. The van der Waals surface area contributed by atoms with Crippen molar-refractivity contribution in [1.82, 2.24) is 9.62 Å². The minimum atomic E-state index is -3.55. The number of terminal acetylenes is 1. The molecule has 0 aliphatic rings. The zero-order valence-electron chi connectivity index (χ0n) is 21.2. The van der Waals surface area contributed by atoms with E-state index in [1.807, 2.05) is 41.1 Å². The first kappa shape index (κ1) is 30.7. The van der Waals surface area contributed by atoms with Gasteiger partial charge >= 0.3 is 0 Å². The van der Waals surface area contributed by atoms with E-state index in [2.05, 4.69) is 51.5 Å². The molecule has 0 bridgehead atoms. The third-order valence-electron chi connectivity index (χ3n) is 5.20. The topological polar surface area (TPSA) is 75.7 Å². The quantitative estimate of drug-likeness (QED) is 0.211. The molecule has 6 nitrogen and oxygen atoms in total. The molecule has 1 N–H and O–H groups in total. The number of nitrogens with zero attached hydrogens (tertiary/aromatic N) is 1. The summed E-state index contributed by atoms with van der Waals surface area (Å²) in [5, 5.41) is 3.95. The maximum atomic E-state index is 12.1. The number of hydrogen-bond acceptors (Lipinski definition) is 6. The summed E-state index contributed by atoms with van der Waals surface area (Å²) in [7, 11) is -1.49. The van der Waals surface area contributed by atoms with E-state index in [0.717, 1.165) is 59.1 Å². The van der Waals surface area contributed by atoms with Gasteiger partial charge in [-0.3, -0.25) is 0 Å². The van der Waals surface area contributed by atoms with Crippen molar-refractivity contribution in [2.24, 2.45) is 0 Å². The van der Waals surface area contributed by atoms with Crippen LogP contribution >= 0.6 is 27.3 Å². The molecule has 0 unspecified atom stereocenters. The lowest BCUT2D eigenvalue weighted by atomic mass is 10.1. The summed E-state index contributed by atoms with van der Waals surface area (Å²) in [4.78, 5) is 12.3. The Morgan fingerprint density at radius 3 is 2.54 bits per heavy atom. The van der Waals surface area contributed by atoms with E-state index < -0.39 is 10.0 Å². The molecule has 0 aliphatic heterocycles. The van der Waals surface area contributed by atoms with Crippen molar-refractivity contribution < 1.29 is 17.9 Å². The maximum Gasteiger partial charge on any atom is 0.241 e. The number of sulfonamides is 1. The molecule has 0 saturated heterocycles. The molecular weight excluding hydrogens is 572 g/mol. The summed E-state index contributed by atoms with van der Waals surface area (Å²) in [6.07, 6.45) is 8.37. The number of hydrogen-bond donors (Lipinski definition) is 1. The summed E-state index contributed by atoms with van der Waals surface area (Å²) in [6, 6.07) is 14.9. The highest BCUT2D eigenvalue weighted by atomic mass is 79.9. The Kier molecular flexibility index (Phi) is 13.6. The third kappa shape index (κ3) is 11.2. The molecule has 0 atom stereocenters. The lowest BCUT2D eigenvalue weighted by molar-refractivity contribution is -0.107. The van der Waals surface area contributed by atoms with Crippen molar-refractivity contribution in [3.63, 3.8) is 0 Å². The van der Waals surface area contributed by atoms with Gasteiger partial charge in [-0.1, -0.05) is 40.9 Å². The summed E-state index contributed by atoms with van der Waals surface area (Å²) in [6.45, 7) is 4.37. The van der Waals surface area contributed by atoms with Crippen LogP contribution in [0.3, 0.4) is 0 Å². The highest BCUT2D eigenvalue weighted by Gasteiger charge is 2.13. The zero-order chi connectivity index (χ0) is 27.1. The van der Waals surface area contributed by atoms with Crippen molar-refractivity contribution in [3.8, 4) is 18.1 Å². The molecule has 9 heteroatoms. The Labute approximate surface area is 233 Å². The third-order valence-corrected chi connectivity index (χ3v) is 7.85. The number of benzene rings is 2. The zero-order valence-corrected chi connectivity index (χ0v) is 24.4. The van der Waals surface area contributed by atoms with Crippen LogP contribution in [0.5, 0.6) is 5.75 Å². The standard InChI is InChI=1S/C22H27BrN2O3S.C6H6OS/c1-4-13-24-29(26,27)21-9-6-18(7-10-21)12-14-25(3)17-19-16-20(23)8-11-22(19)28-15-5-2;7-3-1-6-2-4-8-5-6/h1,6-11,16,24H,5,12-15,17H2,2-3H3;2-5H,1H2. The summed E-state index contributed by atoms with van der Waals surface area (Å²) >= 11 is 5.15. The van der Waals surface area contributed by atoms with Gasteiger partial charge in [0.2, 0.25) is 10.0 Å². The van der Waals surface area contributed by atoms with Gasteiger partial charge in [0, 0.05) is 29.5 Å². The highest BCUT2D eigenvalue weighted by molar-refractivity contribution is 9.10. The Balaban J connectivity index is 0.000000510. The molecule has 0 spiro atoms. The summed E-state index contributed by atoms with van der Waals surface area (Å²) in [5.41, 5.74) is 3.32. The molecule has 3 aromatic rings. The van der Waals surface area contributed by atoms with Crippen molar-refractivity contribution in [3.05, 3.63) is 80.5 Å². The largest absolute Gasteiger partial charge is 0.493 e. The van der Waals surface area contributed by atoms with E-state index in [4.69, 9.17) is 11.2 Å². The van der Waals surface area contributed by atoms with Gasteiger partial charge in [-0.05, 0) is 78.2 Å². The van der Waals surface area contributed by atoms with Crippen LogP contribution in [0.1, 0.15) is 30.0 Å². The van der Waals surface area contributed by atoms with Gasteiger partial charge in [-0.2, -0.15) is 16.1 Å². The Hall–Kier alpha value is -2.48. The second-order valence-corrected chi connectivity index (χ2v) is 11.7. The first-order chi connectivity index (χ1) is 17.8. The van der Waals surface area contributed by atoms with Crippen LogP contribution in [0.4, 0.5) is 0 Å². The fourth-order valence-corrected chi connectivity index (χ4v) is 5.30. The molecule has 0 saturated carbocycles. The molecule has 0 amide bonds. The molecule has 3 rings (SSSR count). The Bertz CT molecular complexity index is 1240. The number of carbonyl (C=O) groups excluding carboxylic acids is 1. The van der Waals surface area contributed by atoms with E-state index in [9.17, 15) is 13.2 Å². The molecule has 1 heterocycles. The smallest absolute Gasteiger partial charge is 0.241 e. The SMILES string of the molecule is C#CCNS(=O)(=O)c1ccc(CCN(C)Cc2cc(Br)ccc2OCCC)cc1.O=CCc1ccsc1. The van der Waals surface area contributed by atoms with Crippen LogP contribution < -0.4 is 9.46 Å². The molecule has 37 heavy (non-hydrogen) atoms. The molecule has 2 aromatic carbocycles. The van der Waals surface area contributed by atoms with Crippen LogP contribution in [-0.4, -0.2) is 46.3 Å². The van der Waals surface area contributed by atoms with Crippen LogP contribution in [0.15, 0.2) is 68.7 Å². The van der Waals surface area contributed by atoms with Gasteiger partial charge in [-0.25, -0.2) is 8.42 Å². The summed E-state index contributed by atoms with van der Waals surface area (Å²) < 4.78 is 33.4. The Morgan fingerprint density at radius 1 is 1.16 bits per heavy atom. The predicted molar refractivity (Wildman–Crippen MR) is 155 cm³/mol. The van der Waals surface area contributed by atoms with Gasteiger partial charge in [0.1, 0.15) is 12.0 Å². The molecular formula is C28H33BrN2O4S2. The van der Waals surface area contributed by atoms with Gasteiger partial charge in [0.05, 0.1) is 18.0 Å². The van der Waals surface area contributed by atoms with Crippen molar-refractivity contribution in [2.45, 2.75) is 37.6 Å². The maximum absolute atomic E-state index is 12.1. The highest BCUT2D eigenvalue weighted by Crippen LogP contribution is 2.25. The second kappa shape index (κ2) is 16.4. The number of rotatable bonds is 13. The van der Waals surface area contributed by atoms with Crippen molar-refractivity contribution in [2.75, 3.05) is 26.7 Å². The van der Waals surface area contributed by atoms with Crippen molar-refractivity contribution >= 4 is 43.6 Å². The average molecular weight is 606 g/mol. The van der Waals surface area contributed by atoms with Crippen LogP contribution in [-0.2, 0) is 34.2 Å². The normalized spacial score (nSPS) is 10.9. The van der Waals surface area contributed by atoms with Crippen molar-refractivity contribution in [1.29, 1.82) is 0 Å². The monoisotopic (exact) mass is 604 g/mol. The molecule has 0 radical (unpaired) electrons. The van der Waals surface area contributed by atoms with E-state index >= 15 is 0 Å². The average Bonchev–Trinajstić information content (AvgIpc) is 3.40. The number of carbonyl (C=O) groups is 1. The Morgan fingerprint density at radius 2 is 1.92 bits per heavy atom. The fourth-order valence-electron chi connectivity index (χ4n) is 3.27. The second-order valence-electron chi connectivity index (χ2n) is 8.26. The molecule has 0 fully saturated rings. The first-order valence-electron chi connectivity index (χ1n) is 11.9. The van der Waals surface area contributed by atoms with Crippen LogP contribution in [0.25, 0.3) is 0 Å². The fraction of sp³-hybridized carbons (Fsp3) is 0.321. The number of halogens is 1. The van der Waals surface area contributed by atoms with Gasteiger partial charge in [-0.15, -0.1) is 6.42 Å². The van der Waals surface area contributed by atoms with Gasteiger partial charge in [0.15, 0.2) is 0 Å². The van der Waals surface area contributed by atoms with Crippen LogP contribution in [0.2, 0.25) is 0 Å². The van der Waals surface area contributed by atoms with Crippen LogP contribution in [0, 0.1) is 12.3 Å². The van der Waals surface area contributed by atoms with Gasteiger partial charge in [0.25, 0.3) is 0 Å². The predicted octanol–water partition coefficient (Wildman–Crippen LogP) is 5.31. The van der Waals surface area contributed by atoms with E-state index in [1.54, 1.807) is 23.5 Å². The number of likely N-dealkylation sites (N-methyl/N-ethyl adjacent to an activating group) is 1. The number of nitrogens with one attached hydrogen (secondary N) is 1. The first-order valence-corrected chi connectivity index (χ1v) is 15.1. The molecule has 0 aliphatic carbocycles. The van der Waals surface area contributed by atoms with E-state index in [-0.39, 0.29) is 11.4 Å². The minimum Gasteiger partial charge on any atom is -0.493 e. The minimum absolute atomic E-state index is 0.0194. The summed E-state index contributed by atoms with van der Waals surface area (Å²) in [5.74, 6) is 3.18. The number of thiophene rings is 1. The lowest BCUT2D eigenvalue weighted by Gasteiger charge is -2.19. The number of aldehydes is 1. The number of ether oxygens (including phenoxy) is 1. The van der Waals surface area contributed by atoms with E-state index in [0.29, 0.717) is 13.0 Å². The molecule has 1 aromatic heterocycles.